The zero-order valence-electron chi connectivity index (χ0n) is 16.3. The number of nitrogens with one attached hydrogen (secondary N) is 2. The summed E-state index contributed by atoms with van der Waals surface area (Å²) < 4.78 is 11.3. The Bertz CT molecular complexity index is 328. The molecule has 5 nitrogen and oxygen atoms in total. The minimum atomic E-state index is -0.169. The summed E-state index contributed by atoms with van der Waals surface area (Å²) in [6.45, 7) is 18.9. The van der Waals surface area contributed by atoms with Gasteiger partial charge in [0.25, 0.3) is 0 Å². The van der Waals surface area contributed by atoms with E-state index in [-0.39, 0.29) is 22.8 Å². The SMILES string of the molecule is CCNCC(C)(C)COCC(C)(C)CC(=O)NCCOC(C)C. The lowest BCUT2D eigenvalue weighted by atomic mass is 9.89. The van der Waals surface area contributed by atoms with Crippen molar-refractivity contribution in [3.63, 3.8) is 0 Å². The fourth-order valence-corrected chi connectivity index (χ4v) is 2.15. The lowest BCUT2D eigenvalue weighted by Gasteiger charge is -2.29. The molecule has 0 saturated carbocycles. The van der Waals surface area contributed by atoms with E-state index in [1.165, 1.54) is 0 Å². The van der Waals surface area contributed by atoms with Gasteiger partial charge in [0.05, 0.1) is 25.9 Å². The average Bonchev–Trinajstić information content (AvgIpc) is 2.40. The van der Waals surface area contributed by atoms with Gasteiger partial charge in [0.2, 0.25) is 5.91 Å². The Hall–Kier alpha value is -0.650. The lowest BCUT2D eigenvalue weighted by molar-refractivity contribution is -0.124. The van der Waals surface area contributed by atoms with Gasteiger partial charge in [-0.3, -0.25) is 4.79 Å². The molecule has 5 heteroatoms. The van der Waals surface area contributed by atoms with Gasteiger partial charge >= 0.3 is 0 Å². The van der Waals surface area contributed by atoms with Crippen molar-refractivity contribution in [2.24, 2.45) is 10.8 Å². The second kappa shape index (κ2) is 11.0. The van der Waals surface area contributed by atoms with Gasteiger partial charge in [0.15, 0.2) is 0 Å². The Labute approximate surface area is 142 Å². The Kier molecular flexibility index (Phi) is 10.7. The molecule has 0 radical (unpaired) electrons. The average molecular weight is 331 g/mol. The van der Waals surface area contributed by atoms with E-state index in [4.69, 9.17) is 9.47 Å². The third kappa shape index (κ3) is 13.5. The molecule has 0 heterocycles. The molecule has 0 bridgehead atoms. The van der Waals surface area contributed by atoms with Crippen molar-refractivity contribution in [2.75, 3.05) is 39.5 Å². The molecule has 0 aromatic rings. The highest BCUT2D eigenvalue weighted by Gasteiger charge is 2.24. The van der Waals surface area contributed by atoms with E-state index < -0.39 is 0 Å². The molecular weight excluding hydrogens is 292 g/mol. The molecule has 0 aliphatic heterocycles. The Balaban J connectivity index is 3.96. The number of hydrogen-bond acceptors (Lipinski definition) is 4. The molecule has 0 unspecified atom stereocenters. The zero-order chi connectivity index (χ0) is 17.9. The molecule has 0 aliphatic rings. The second-order valence-electron chi connectivity index (χ2n) is 8.05. The van der Waals surface area contributed by atoms with E-state index in [1.807, 2.05) is 13.8 Å². The minimum Gasteiger partial charge on any atom is -0.380 e. The molecule has 2 N–H and O–H groups in total. The van der Waals surface area contributed by atoms with Crippen LogP contribution in [0.2, 0.25) is 0 Å². The molecule has 0 atom stereocenters. The van der Waals surface area contributed by atoms with Gasteiger partial charge in [-0.1, -0.05) is 34.6 Å². The van der Waals surface area contributed by atoms with E-state index in [2.05, 4.69) is 45.3 Å². The number of carbonyl (C=O) groups excluding carboxylic acids is 1. The molecular formula is C18H38N2O3. The van der Waals surface area contributed by atoms with Crippen molar-refractivity contribution >= 4 is 5.91 Å². The third-order valence-corrected chi connectivity index (χ3v) is 3.35. The summed E-state index contributed by atoms with van der Waals surface area (Å²) in [4.78, 5) is 12.0. The molecule has 0 fully saturated rings. The standard InChI is InChI=1S/C18H38N2O3/c1-8-19-12-18(6,7)14-22-13-17(4,5)11-16(21)20-9-10-23-15(2)3/h15,19H,8-14H2,1-7H3,(H,20,21). The van der Waals surface area contributed by atoms with Crippen LogP contribution in [-0.4, -0.2) is 51.5 Å². The smallest absolute Gasteiger partial charge is 0.220 e. The Morgan fingerprint density at radius 2 is 1.70 bits per heavy atom. The largest absolute Gasteiger partial charge is 0.380 e. The number of rotatable bonds is 13. The highest BCUT2D eigenvalue weighted by molar-refractivity contribution is 5.76. The second-order valence-corrected chi connectivity index (χ2v) is 8.05. The van der Waals surface area contributed by atoms with Gasteiger partial charge in [0.1, 0.15) is 0 Å². The van der Waals surface area contributed by atoms with Crippen LogP contribution in [0.4, 0.5) is 0 Å². The first-order valence-corrected chi connectivity index (χ1v) is 8.75. The van der Waals surface area contributed by atoms with Crippen LogP contribution in [0.1, 0.15) is 54.9 Å². The van der Waals surface area contributed by atoms with E-state index in [0.717, 1.165) is 13.1 Å². The van der Waals surface area contributed by atoms with E-state index in [9.17, 15) is 4.79 Å². The monoisotopic (exact) mass is 330 g/mol. The van der Waals surface area contributed by atoms with E-state index in [1.54, 1.807) is 0 Å². The fraction of sp³-hybridized carbons (Fsp3) is 0.944. The molecule has 0 rings (SSSR count). The molecule has 0 aromatic heterocycles. The van der Waals surface area contributed by atoms with Gasteiger partial charge in [0, 0.05) is 24.9 Å². The topological polar surface area (TPSA) is 59.6 Å². The van der Waals surface area contributed by atoms with Crippen molar-refractivity contribution < 1.29 is 14.3 Å². The lowest BCUT2D eigenvalue weighted by Crippen LogP contribution is -2.36. The van der Waals surface area contributed by atoms with Crippen LogP contribution in [0.25, 0.3) is 0 Å². The summed E-state index contributed by atoms with van der Waals surface area (Å²) in [5, 5.41) is 6.25. The van der Waals surface area contributed by atoms with Gasteiger partial charge in [-0.05, 0) is 25.8 Å². The van der Waals surface area contributed by atoms with Crippen LogP contribution in [0.15, 0.2) is 0 Å². The first kappa shape index (κ1) is 22.4. The molecule has 0 aliphatic carbocycles. The maximum Gasteiger partial charge on any atom is 0.220 e. The van der Waals surface area contributed by atoms with Crippen molar-refractivity contribution in [2.45, 2.75) is 61.0 Å². The number of amides is 1. The van der Waals surface area contributed by atoms with Crippen LogP contribution in [0.5, 0.6) is 0 Å². The summed E-state index contributed by atoms with van der Waals surface area (Å²) in [5.41, 5.74) is -0.0697. The Morgan fingerprint density at radius 1 is 1.09 bits per heavy atom. The van der Waals surface area contributed by atoms with Crippen LogP contribution in [-0.2, 0) is 14.3 Å². The molecule has 23 heavy (non-hydrogen) atoms. The normalized spacial score (nSPS) is 12.7. The summed E-state index contributed by atoms with van der Waals surface area (Å²) in [5.74, 6) is 0.0536. The van der Waals surface area contributed by atoms with E-state index >= 15 is 0 Å². The van der Waals surface area contributed by atoms with Crippen LogP contribution < -0.4 is 10.6 Å². The summed E-state index contributed by atoms with van der Waals surface area (Å²) in [6.07, 6.45) is 0.657. The first-order chi connectivity index (χ1) is 10.6. The van der Waals surface area contributed by atoms with Gasteiger partial charge in [-0.25, -0.2) is 0 Å². The Morgan fingerprint density at radius 3 is 2.26 bits per heavy atom. The predicted molar refractivity (Wildman–Crippen MR) is 95.6 cm³/mol. The van der Waals surface area contributed by atoms with Crippen LogP contribution >= 0.6 is 0 Å². The highest BCUT2D eigenvalue weighted by atomic mass is 16.5. The maximum atomic E-state index is 12.0. The van der Waals surface area contributed by atoms with Crippen molar-refractivity contribution in [1.82, 2.24) is 10.6 Å². The molecule has 0 aromatic carbocycles. The summed E-state index contributed by atoms with van der Waals surface area (Å²) in [7, 11) is 0. The van der Waals surface area contributed by atoms with E-state index in [0.29, 0.717) is 32.8 Å². The van der Waals surface area contributed by atoms with Gasteiger partial charge in [-0.2, -0.15) is 0 Å². The number of ether oxygens (including phenoxy) is 2. The van der Waals surface area contributed by atoms with Gasteiger partial charge < -0.3 is 20.1 Å². The fourth-order valence-electron chi connectivity index (χ4n) is 2.15. The first-order valence-electron chi connectivity index (χ1n) is 8.75. The van der Waals surface area contributed by atoms with Crippen molar-refractivity contribution in [3.05, 3.63) is 0 Å². The number of carbonyl (C=O) groups is 1. The van der Waals surface area contributed by atoms with Gasteiger partial charge in [-0.15, -0.1) is 0 Å². The van der Waals surface area contributed by atoms with Crippen molar-refractivity contribution in [1.29, 1.82) is 0 Å². The quantitative estimate of drug-likeness (QED) is 0.510. The zero-order valence-corrected chi connectivity index (χ0v) is 16.3. The summed E-state index contributed by atoms with van der Waals surface area (Å²) in [6, 6.07) is 0. The summed E-state index contributed by atoms with van der Waals surface area (Å²) >= 11 is 0. The van der Waals surface area contributed by atoms with Crippen molar-refractivity contribution in [3.8, 4) is 0 Å². The molecule has 0 spiro atoms. The minimum absolute atomic E-state index is 0.0536. The molecule has 138 valence electrons. The highest BCUT2D eigenvalue weighted by Crippen LogP contribution is 2.22. The predicted octanol–water partition coefficient (Wildman–Crippen LogP) is 2.60. The maximum absolute atomic E-state index is 12.0. The molecule has 0 saturated heterocycles. The number of hydrogen-bond donors (Lipinski definition) is 2. The third-order valence-electron chi connectivity index (χ3n) is 3.35. The van der Waals surface area contributed by atoms with Crippen LogP contribution in [0, 0.1) is 10.8 Å². The molecule has 1 amide bonds. The van der Waals surface area contributed by atoms with Crippen LogP contribution in [0.3, 0.4) is 0 Å².